The van der Waals surface area contributed by atoms with Crippen molar-refractivity contribution in [3.63, 3.8) is 0 Å². The van der Waals surface area contributed by atoms with Gasteiger partial charge in [-0.25, -0.2) is 0 Å². The van der Waals surface area contributed by atoms with Crippen LogP contribution in [0, 0.1) is 0 Å². The van der Waals surface area contributed by atoms with Crippen LogP contribution in [0.25, 0.3) is 0 Å². The highest BCUT2D eigenvalue weighted by molar-refractivity contribution is 7.80. The van der Waals surface area contributed by atoms with Crippen LogP contribution in [0.15, 0.2) is 54.6 Å². The number of nitrogens with zero attached hydrogens (tertiary/aromatic N) is 2. The monoisotopic (exact) mass is 331 g/mol. The standard InChI is InChI=1S/C17H18ClN3S/c1-13(14-5-3-2-4-6-14)20-11-19-17(22)21(12-20)16-9-7-15(18)8-10-16/h2-10,13H,11-12H2,1H3,(H,19,22)/t13-/m0/s1. The maximum absolute atomic E-state index is 5.97. The van der Waals surface area contributed by atoms with E-state index in [2.05, 4.69) is 46.3 Å². The number of hydrogen-bond acceptors (Lipinski definition) is 2. The summed E-state index contributed by atoms with van der Waals surface area (Å²) in [5.41, 5.74) is 2.35. The third-order valence-corrected chi connectivity index (χ3v) is 4.59. The minimum Gasteiger partial charge on any atom is -0.349 e. The van der Waals surface area contributed by atoms with Gasteiger partial charge in [0, 0.05) is 16.8 Å². The molecular formula is C17H18ClN3S. The molecule has 2 aromatic carbocycles. The molecule has 0 amide bonds. The highest BCUT2D eigenvalue weighted by Gasteiger charge is 2.25. The van der Waals surface area contributed by atoms with E-state index in [-0.39, 0.29) is 0 Å². The summed E-state index contributed by atoms with van der Waals surface area (Å²) >= 11 is 11.4. The molecule has 0 saturated carbocycles. The second-order valence-electron chi connectivity index (χ2n) is 5.36. The van der Waals surface area contributed by atoms with Gasteiger partial charge in [-0.15, -0.1) is 0 Å². The van der Waals surface area contributed by atoms with E-state index < -0.39 is 0 Å². The van der Waals surface area contributed by atoms with Crippen molar-refractivity contribution < 1.29 is 0 Å². The molecule has 1 fully saturated rings. The van der Waals surface area contributed by atoms with Gasteiger partial charge in [-0.1, -0.05) is 41.9 Å². The molecule has 3 nitrogen and oxygen atoms in total. The van der Waals surface area contributed by atoms with E-state index >= 15 is 0 Å². The molecule has 0 unspecified atom stereocenters. The first-order valence-electron chi connectivity index (χ1n) is 7.25. The fourth-order valence-corrected chi connectivity index (χ4v) is 2.94. The van der Waals surface area contributed by atoms with Gasteiger partial charge in [-0.2, -0.15) is 0 Å². The van der Waals surface area contributed by atoms with Gasteiger partial charge in [0.2, 0.25) is 0 Å². The van der Waals surface area contributed by atoms with Crippen molar-refractivity contribution >= 4 is 34.6 Å². The Kier molecular flexibility index (Phi) is 4.62. The molecule has 1 aliphatic rings. The summed E-state index contributed by atoms with van der Waals surface area (Å²) in [7, 11) is 0. The van der Waals surface area contributed by atoms with Crippen LogP contribution in [0.5, 0.6) is 0 Å². The average molecular weight is 332 g/mol. The Morgan fingerprint density at radius 1 is 1.09 bits per heavy atom. The Hall–Kier alpha value is -1.62. The van der Waals surface area contributed by atoms with Crippen molar-refractivity contribution in [2.24, 2.45) is 0 Å². The van der Waals surface area contributed by atoms with Crippen LogP contribution < -0.4 is 10.2 Å². The lowest BCUT2D eigenvalue weighted by molar-refractivity contribution is 0.200. The predicted molar refractivity (Wildman–Crippen MR) is 96.1 cm³/mol. The minimum atomic E-state index is 0.312. The summed E-state index contributed by atoms with van der Waals surface area (Å²) in [6.45, 7) is 3.72. The summed E-state index contributed by atoms with van der Waals surface area (Å²) < 4.78 is 0. The summed E-state index contributed by atoms with van der Waals surface area (Å²) in [4.78, 5) is 4.44. The zero-order valence-electron chi connectivity index (χ0n) is 12.4. The Bertz CT molecular complexity index is 645. The molecule has 3 rings (SSSR count). The molecule has 114 valence electrons. The van der Waals surface area contributed by atoms with Crippen LogP contribution in [0.4, 0.5) is 5.69 Å². The lowest BCUT2D eigenvalue weighted by Gasteiger charge is -2.41. The molecule has 5 heteroatoms. The lowest BCUT2D eigenvalue weighted by Crippen LogP contribution is -2.56. The van der Waals surface area contributed by atoms with Crippen molar-refractivity contribution in [1.82, 2.24) is 10.2 Å². The molecule has 1 atom stereocenters. The molecule has 1 aliphatic heterocycles. The first-order chi connectivity index (χ1) is 10.6. The quantitative estimate of drug-likeness (QED) is 0.856. The van der Waals surface area contributed by atoms with E-state index in [4.69, 9.17) is 23.8 Å². The maximum atomic E-state index is 5.97. The number of hydrogen-bond donors (Lipinski definition) is 1. The van der Waals surface area contributed by atoms with E-state index in [9.17, 15) is 0 Å². The SMILES string of the molecule is C[C@@H](c1ccccc1)N1CNC(=S)N(c2ccc(Cl)cc2)C1. The first-order valence-corrected chi connectivity index (χ1v) is 8.04. The van der Waals surface area contributed by atoms with E-state index in [1.165, 1.54) is 5.56 Å². The topological polar surface area (TPSA) is 18.5 Å². The number of nitrogens with one attached hydrogen (secondary N) is 1. The summed E-state index contributed by atoms with van der Waals surface area (Å²) in [5.74, 6) is 0. The van der Waals surface area contributed by atoms with Crippen LogP contribution in [0.2, 0.25) is 5.02 Å². The molecule has 22 heavy (non-hydrogen) atoms. The highest BCUT2D eigenvalue weighted by Crippen LogP contribution is 2.25. The fraction of sp³-hybridized carbons (Fsp3) is 0.235. The molecule has 2 aromatic rings. The van der Waals surface area contributed by atoms with Gasteiger partial charge in [-0.05, 0) is 49.0 Å². The fourth-order valence-electron chi connectivity index (χ4n) is 2.58. The molecule has 1 saturated heterocycles. The third kappa shape index (κ3) is 3.24. The first kappa shape index (κ1) is 15.3. The number of thiocarbonyl (C=S) groups is 1. The number of anilines is 1. The predicted octanol–water partition coefficient (Wildman–Crippen LogP) is 4.01. The van der Waals surface area contributed by atoms with Crippen molar-refractivity contribution in [2.45, 2.75) is 13.0 Å². The van der Waals surface area contributed by atoms with Gasteiger partial charge in [-0.3, -0.25) is 4.90 Å². The Morgan fingerprint density at radius 3 is 2.45 bits per heavy atom. The number of halogens is 1. The number of benzene rings is 2. The van der Waals surface area contributed by atoms with E-state index in [1.54, 1.807) is 0 Å². The molecule has 0 radical (unpaired) electrons. The smallest absolute Gasteiger partial charge is 0.175 e. The molecule has 1 heterocycles. The molecule has 0 aromatic heterocycles. The van der Waals surface area contributed by atoms with Gasteiger partial charge < -0.3 is 10.2 Å². The van der Waals surface area contributed by atoms with Gasteiger partial charge in [0.05, 0.1) is 13.3 Å². The second kappa shape index (κ2) is 6.65. The van der Waals surface area contributed by atoms with Crippen molar-refractivity contribution in [2.75, 3.05) is 18.2 Å². The zero-order chi connectivity index (χ0) is 15.5. The Morgan fingerprint density at radius 2 is 1.77 bits per heavy atom. The third-order valence-electron chi connectivity index (χ3n) is 3.97. The van der Waals surface area contributed by atoms with E-state index in [0.29, 0.717) is 6.04 Å². The molecule has 0 bridgehead atoms. The van der Waals surface area contributed by atoms with Gasteiger partial charge in [0.25, 0.3) is 0 Å². The number of rotatable bonds is 3. The average Bonchev–Trinajstić information content (AvgIpc) is 2.56. The van der Waals surface area contributed by atoms with Gasteiger partial charge in [0.1, 0.15) is 0 Å². The zero-order valence-corrected chi connectivity index (χ0v) is 13.9. The normalized spacial score (nSPS) is 17.2. The molecule has 0 aliphatic carbocycles. The largest absolute Gasteiger partial charge is 0.349 e. The van der Waals surface area contributed by atoms with Gasteiger partial charge >= 0.3 is 0 Å². The van der Waals surface area contributed by atoms with Crippen LogP contribution in [0.3, 0.4) is 0 Å². The molecule has 0 spiro atoms. The Labute approximate surface area is 141 Å². The minimum absolute atomic E-state index is 0.312. The van der Waals surface area contributed by atoms with Crippen molar-refractivity contribution in [3.05, 3.63) is 65.2 Å². The summed E-state index contributed by atoms with van der Waals surface area (Å²) in [5, 5.41) is 4.78. The van der Waals surface area contributed by atoms with Crippen LogP contribution in [-0.4, -0.2) is 23.3 Å². The van der Waals surface area contributed by atoms with Crippen LogP contribution in [-0.2, 0) is 0 Å². The van der Waals surface area contributed by atoms with E-state index in [0.717, 1.165) is 29.2 Å². The van der Waals surface area contributed by atoms with Gasteiger partial charge in [0.15, 0.2) is 5.11 Å². The van der Waals surface area contributed by atoms with E-state index in [1.807, 2.05) is 30.3 Å². The van der Waals surface area contributed by atoms with Crippen LogP contribution in [0.1, 0.15) is 18.5 Å². The summed E-state index contributed by atoms with van der Waals surface area (Å²) in [6, 6.07) is 18.6. The highest BCUT2D eigenvalue weighted by atomic mass is 35.5. The second-order valence-corrected chi connectivity index (χ2v) is 6.18. The van der Waals surface area contributed by atoms with Crippen molar-refractivity contribution in [1.29, 1.82) is 0 Å². The van der Waals surface area contributed by atoms with Crippen molar-refractivity contribution in [3.8, 4) is 0 Å². The molecular weight excluding hydrogens is 314 g/mol. The van der Waals surface area contributed by atoms with Crippen LogP contribution >= 0.6 is 23.8 Å². The summed E-state index contributed by atoms with van der Waals surface area (Å²) in [6.07, 6.45) is 0. The Balaban J connectivity index is 1.78. The maximum Gasteiger partial charge on any atom is 0.175 e. The molecule has 1 N–H and O–H groups in total. The lowest BCUT2D eigenvalue weighted by atomic mass is 10.1.